The smallest absolute Gasteiger partial charge is 0.275 e. The minimum Gasteiger partial charge on any atom is -0.491 e. The quantitative estimate of drug-likeness (QED) is 0.701. The Labute approximate surface area is 89.5 Å². The van der Waals surface area contributed by atoms with Gasteiger partial charge in [0.1, 0.15) is 0 Å². The Morgan fingerprint density at radius 1 is 0.875 bits per heavy atom. The third kappa shape index (κ3) is 0.850. The molecule has 2 nitrogen and oxygen atoms in total. The molecule has 90 valence electrons. The minimum atomic E-state index is -3.33. The van der Waals surface area contributed by atoms with Crippen LogP contribution in [0, 0.1) is 0 Å². The van der Waals surface area contributed by atoms with Gasteiger partial charge in [-0.3, -0.25) is 0 Å². The summed E-state index contributed by atoms with van der Waals surface area (Å²) in [5.41, 5.74) is -6.25. The van der Waals surface area contributed by atoms with E-state index < -0.39 is 34.5 Å². The lowest BCUT2D eigenvalue weighted by Gasteiger charge is -2.52. The van der Waals surface area contributed by atoms with Crippen LogP contribution in [0.1, 0.15) is 13.8 Å². The summed E-state index contributed by atoms with van der Waals surface area (Å²) in [5, 5.41) is 0. The average molecular weight is 238 g/mol. The molecular weight excluding hydrogens is 228 g/mol. The molecule has 0 atom stereocenters. The molecule has 2 aliphatic rings. The second-order valence-electron chi connectivity index (χ2n) is 3.47. The molecule has 0 aromatic carbocycles. The molecular formula is C10H10F4O2. The lowest BCUT2D eigenvalue weighted by Crippen LogP contribution is -2.68. The predicted molar refractivity (Wildman–Crippen MR) is 47.2 cm³/mol. The molecule has 0 bridgehead atoms. The first kappa shape index (κ1) is 11.3. The van der Waals surface area contributed by atoms with Crippen LogP contribution in [0.3, 0.4) is 0 Å². The van der Waals surface area contributed by atoms with E-state index in [9.17, 15) is 17.6 Å². The van der Waals surface area contributed by atoms with Crippen LogP contribution < -0.4 is 0 Å². The van der Waals surface area contributed by atoms with Crippen molar-refractivity contribution in [3.63, 3.8) is 0 Å². The Morgan fingerprint density at radius 2 is 1.25 bits per heavy atom. The summed E-state index contributed by atoms with van der Waals surface area (Å²) >= 11 is 0. The molecule has 6 heteroatoms. The third-order valence-corrected chi connectivity index (χ3v) is 2.68. The molecule has 0 aliphatic heterocycles. The fourth-order valence-corrected chi connectivity index (χ4v) is 1.92. The second kappa shape index (κ2) is 3.15. The first-order valence-electron chi connectivity index (χ1n) is 4.91. The maximum absolute atomic E-state index is 14.1. The summed E-state index contributed by atoms with van der Waals surface area (Å²) in [6.45, 7) is 2.90. The van der Waals surface area contributed by atoms with Crippen LogP contribution in [0.2, 0.25) is 0 Å². The van der Waals surface area contributed by atoms with Gasteiger partial charge in [-0.05, 0) is 13.8 Å². The molecule has 0 saturated heterocycles. The first-order chi connectivity index (χ1) is 7.46. The maximum Gasteiger partial charge on any atom is 0.275 e. The molecule has 0 spiro atoms. The van der Waals surface area contributed by atoms with Gasteiger partial charge in [0.15, 0.2) is 23.2 Å². The Balaban J connectivity index is 2.38. The summed E-state index contributed by atoms with van der Waals surface area (Å²) in [5.74, 6) is -4.72. The van der Waals surface area contributed by atoms with Crippen molar-refractivity contribution >= 4 is 0 Å². The van der Waals surface area contributed by atoms with E-state index in [1.54, 1.807) is 0 Å². The highest BCUT2D eigenvalue weighted by atomic mass is 19.2. The van der Waals surface area contributed by atoms with Crippen LogP contribution in [0.25, 0.3) is 0 Å². The monoisotopic (exact) mass is 238 g/mol. The van der Waals surface area contributed by atoms with E-state index in [1.807, 2.05) is 0 Å². The Morgan fingerprint density at radius 3 is 1.56 bits per heavy atom. The zero-order valence-corrected chi connectivity index (χ0v) is 8.74. The van der Waals surface area contributed by atoms with E-state index in [4.69, 9.17) is 0 Å². The van der Waals surface area contributed by atoms with E-state index in [-0.39, 0.29) is 13.2 Å². The van der Waals surface area contributed by atoms with Crippen LogP contribution in [0.4, 0.5) is 17.6 Å². The largest absolute Gasteiger partial charge is 0.491 e. The van der Waals surface area contributed by atoms with Gasteiger partial charge < -0.3 is 9.47 Å². The zero-order valence-electron chi connectivity index (χ0n) is 8.74. The highest BCUT2D eigenvalue weighted by Crippen LogP contribution is 2.69. The number of alkyl halides is 2. The molecule has 0 N–H and O–H groups in total. The molecule has 0 radical (unpaired) electrons. The molecule has 0 heterocycles. The Bertz CT molecular complexity index is 370. The van der Waals surface area contributed by atoms with E-state index in [2.05, 4.69) is 9.47 Å². The lowest BCUT2D eigenvalue weighted by atomic mass is 9.62. The summed E-state index contributed by atoms with van der Waals surface area (Å²) in [6, 6.07) is 0. The van der Waals surface area contributed by atoms with Crippen molar-refractivity contribution in [3.05, 3.63) is 23.2 Å². The summed E-state index contributed by atoms with van der Waals surface area (Å²) < 4.78 is 63.2. The van der Waals surface area contributed by atoms with Crippen LogP contribution >= 0.6 is 0 Å². The van der Waals surface area contributed by atoms with Gasteiger partial charge in [-0.1, -0.05) is 0 Å². The highest BCUT2D eigenvalue weighted by molar-refractivity contribution is 5.64. The van der Waals surface area contributed by atoms with Gasteiger partial charge >= 0.3 is 0 Å². The molecule has 0 fully saturated rings. The van der Waals surface area contributed by atoms with E-state index >= 15 is 0 Å². The molecule has 0 aromatic heterocycles. The van der Waals surface area contributed by atoms with Crippen molar-refractivity contribution in [1.82, 2.24) is 0 Å². The van der Waals surface area contributed by atoms with Crippen LogP contribution in [0.5, 0.6) is 0 Å². The molecule has 2 aliphatic carbocycles. The van der Waals surface area contributed by atoms with Gasteiger partial charge in [0, 0.05) is 0 Å². The van der Waals surface area contributed by atoms with Crippen molar-refractivity contribution in [2.45, 2.75) is 25.2 Å². The fraction of sp³-hybridized carbons (Fsp3) is 0.600. The van der Waals surface area contributed by atoms with Gasteiger partial charge in [0.05, 0.1) is 13.2 Å². The zero-order chi connectivity index (χ0) is 12.1. The topological polar surface area (TPSA) is 18.5 Å². The number of rotatable bonds is 4. The van der Waals surface area contributed by atoms with Crippen LogP contribution in [-0.4, -0.2) is 24.6 Å². The van der Waals surface area contributed by atoms with Crippen molar-refractivity contribution < 1.29 is 27.0 Å². The van der Waals surface area contributed by atoms with E-state index in [1.165, 1.54) is 13.8 Å². The SMILES string of the molecule is CCOC1=C(F)C2(F)C(F)=C(OCC)C12F. The number of hydrogen-bond donors (Lipinski definition) is 0. The van der Waals surface area contributed by atoms with Crippen molar-refractivity contribution in [2.24, 2.45) is 0 Å². The Hall–Kier alpha value is -1.20. The molecule has 2 rings (SSSR count). The average Bonchev–Trinajstić information content (AvgIpc) is 2.29. The number of ether oxygens (including phenoxy) is 2. The first-order valence-corrected chi connectivity index (χ1v) is 4.91. The van der Waals surface area contributed by atoms with E-state index in [0.29, 0.717) is 0 Å². The summed E-state index contributed by atoms with van der Waals surface area (Å²) in [7, 11) is 0. The van der Waals surface area contributed by atoms with Crippen molar-refractivity contribution in [1.29, 1.82) is 0 Å². The number of hydrogen-bond acceptors (Lipinski definition) is 2. The molecule has 0 amide bonds. The van der Waals surface area contributed by atoms with Crippen LogP contribution in [0.15, 0.2) is 23.2 Å². The molecule has 0 saturated carbocycles. The second-order valence-corrected chi connectivity index (χ2v) is 3.47. The third-order valence-electron chi connectivity index (χ3n) is 2.68. The minimum absolute atomic E-state index is 0.0362. The number of fused-ring (bicyclic) bond motifs is 1. The normalized spacial score (nSPS) is 36.6. The van der Waals surface area contributed by atoms with Gasteiger partial charge in [-0.25, -0.2) is 17.6 Å². The van der Waals surface area contributed by atoms with Gasteiger partial charge in [0.25, 0.3) is 11.3 Å². The summed E-state index contributed by atoms with van der Waals surface area (Å²) in [4.78, 5) is 0. The molecule has 0 aromatic rings. The standard InChI is InChI=1S/C10H10F4O2/c1-3-15-7-5(11)9(13)6(12)8(16-4-2)10(7,9)14/h3-4H2,1-2H3. The van der Waals surface area contributed by atoms with Crippen molar-refractivity contribution in [2.75, 3.05) is 13.2 Å². The lowest BCUT2D eigenvalue weighted by molar-refractivity contribution is -0.128. The number of halogens is 4. The maximum atomic E-state index is 14.1. The van der Waals surface area contributed by atoms with E-state index in [0.717, 1.165) is 0 Å². The van der Waals surface area contributed by atoms with Gasteiger partial charge in [0.2, 0.25) is 0 Å². The molecule has 16 heavy (non-hydrogen) atoms. The molecule has 0 unspecified atom stereocenters. The van der Waals surface area contributed by atoms with Crippen molar-refractivity contribution in [3.8, 4) is 0 Å². The fourth-order valence-electron chi connectivity index (χ4n) is 1.92. The number of allylic oxidation sites excluding steroid dienone is 2. The Kier molecular flexibility index (Phi) is 2.22. The van der Waals surface area contributed by atoms with Gasteiger partial charge in [-0.15, -0.1) is 0 Å². The van der Waals surface area contributed by atoms with Gasteiger partial charge in [-0.2, -0.15) is 0 Å². The summed E-state index contributed by atoms with van der Waals surface area (Å²) in [6.07, 6.45) is 0. The van der Waals surface area contributed by atoms with Crippen LogP contribution in [-0.2, 0) is 9.47 Å². The predicted octanol–water partition coefficient (Wildman–Crippen LogP) is 2.87. The highest BCUT2D eigenvalue weighted by Gasteiger charge is 2.85.